The molecule has 3 aromatic carbocycles. The van der Waals surface area contributed by atoms with Crippen molar-refractivity contribution < 1.29 is 0 Å². The summed E-state index contributed by atoms with van der Waals surface area (Å²) in [6, 6.07) is 24.4. The van der Waals surface area contributed by atoms with E-state index in [4.69, 9.17) is 11.6 Å². The monoisotopic (exact) mass is 448 g/mol. The average Bonchev–Trinajstić information content (AvgIpc) is 3.06. The van der Waals surface area contributed by atoms with Gasteiger partial charge in [0.05, 0.1) is 5.41 Å². The molecule has 3 aromatic rings. The van der Waals surface area contributed by atoms with E-state index in [9.17, 15) is 0 Å². The van der Waals surface area contributed by atoms with Crippen LogP contribution in [0.25, 0.3) is 5.57 Å². The van der Waals surface area contributed by atoms with E-state index in [1.807, 2.05) is 11.8 Å². The minimum Gasteiger partial charge on any atom is -0.0894 e. The maximum Gasteiger partial charge on any atom is 0.0732 e. The quantitative estimate of drug-likeness (QED) is 0.333. The maximum absolute atomic E-state index is 6.59. The fourth-order valence-corrected chi connectivity index (χ4v) is 7.55. The summed E-state index contributed by atoms with van der Waals surface area (Å²) in [6.45, 7) is 2.36. The van der Waals surface area contributed by atoms with Crippen LogP contribution < -0.4 is 0 Å². The third-order valence-electron chi connectivity index (χ3n) is 7.60. The van der Waals surface area contributed by atoms with Crippen LogP contribution >= 0.6 is 23.4 Å². The lowest BCUT2D eigenvalue weighted by Crippen LogP contribution is -2.34. The smallest absolute Gasteiger partial charge is 0.0732 e. The molecule has 154 valence electrons. The molecule has 7 rings (SSSR count). The lowest BCUT2D eigenvalue weighted by atomic mass is 9.63. The van der Waals surface area contributed by atoms with Crippen molar-refractivity contribution in [3.8, 4) is 0 Å². The predicted molar refractivity (Wildman–Crippen MR) is 134 cm³/mol. The van der Waals surface area contributed by atoms with Crippen LogP contribution in [0.15, 0.2) is 118 Å². The number of hydrogen-bond acceptors (Lipinski definition) is 1. The molecule has 0 amide bonds. The number of fused-ring (bicyclic) bond motifs is 9. The fourth-order valence-electron chi connectivity index (χ4n) is 6.18. The van der Waals surface area contributed by atoms with Gasteiger partial charge in [-0.15, -0.1) is 0 Å². The van der Waals surface area contributed by atoms with E-state index >= 15 is 0 Å². The summed E-state index contributed by atoms with van der Waals surface area (Å²) in [7, 11) is 0. The van der Waals surface area contributed by atoms with E-state index in [1.54, 1.807) is 0 Å². The molecule has 0 aromatic heterocycles. The van der Waals surface area contributed by atoms with Gasteiger partial charge in [0.2, 0.25) is 0 Å². The Kier molecular flexibility index (Phi) is 3.76. The van der Waals surface area contributed by atoms with Gasteiger partial charge in [0.15, 0.2) is 0 Å². The van der Waals surface area contributed by atoms with Crippen molar-refractivity contribution in [2.24, 2.45) is 5.41 Å². The van der Waals surface area contributed by atoms with Gasteiger partial charge in [-0.25, -0.2) is 0 Å². The Morgan fingerprint density at radius 1 is 0.844 bits per heavy atom. The molecule has 1 spiro atoms. The molecular formula is C30H21ClS. The molecule has 0 nitrogen and oxygen atoms in total. The maximum atomic E-state index is 6.59. The molecule has 1 heterocycles. The first kappa shape index (κ1) is 18.8. The number of benzene rings is 3. The average molecular weight is 449 g/mol. The number of hydrogen-bond donors (Lipinski definition) is 0. The summed E-state index contributed by atoms with van der Waals surface area (Å²) in [5, 5.41) is 0.804. The van der Waals surface area contributed by atoms with E-state index < -0.39 is 0 Å². The molecule has 3 aliphatic carbocycles. The van der Waals surface area contributed by atoms with Crippen molar-refractivity contribution in [2.45, 2.75) is 28.6 Å². The van der Waals surface area contributed by atoms with Gasteiger partial charge >= 0.3 is 0 Å². The van der Waals surface area contributed by atoms with Gasteiger partial charge in [-0.3, -0.25) is 0 Å². The highest BCUT2D eigenvalue weighted by Crippen LogP contribution is 2.65. The second-order valence-electron chi connectivity index (χ2n) is 9.34. The molecular weight excluding hydrogens is 428 g/mol. The highest BCUT2D eigenvalue weighted by atomic mass is 35.5. The van der Waals surface area contributed by atoms with Crippen LogP contribution in [-0.4, -0.2) is 0 Å². The topological polar surface area (TPSA) is 0 Å². The molecule has 1 atom stereocenters. The van der Waals surface area contributed by atoms with E-state index in [-0.39, 0.29) is 10.8 Å². The van der Waals surface area contributed by atoms with Crippen molar-refractivity contribution in [1.82, 2.24) is 0 Å². The Morgan fingerprint density at radius 3 is 2.31 bits per heavy atom. The highest BCUT2D eigenvalue weighted by Gasteiger charge is 2.53. The minimum atomic E-state index is -0.309. The van der Waals surface area contributed by atoms with Gasteiger partial charge in [0.1, 0.15) is 0 Å². The SMILES string of the molecule is CC12C=CC=CC1=CC1=C(C2)c2cc(Cl)ccc2C12c1ccccc1Sc1ccccc12. The van der Waals surface area contributed by atoms with E-state index in [2.05, 4.69) is 104 Å². The van der Waals surface area contributed by atoms with Gasteiger partial charge in [-0.05, 0) is 69.7 Å². The van der Waals surface area contributed by atoms with Gasteiger partial charge in [-0.1, -0.05) is 103 Å². The molecule has 4 aliphatic rings. The lowest BCUT2D eigenvalue weighted by molar-refractivity contribution is 0.530. The Bertz CT molecular complexity index is 1410. The predicted octanol–water partition coefficient (Wildman–Crippen LogP) is 8.37. The van der Waals surface area contributed by atoms with Gasteiger partial charge in [-0.2, -0.15) is 0 Å². The molecule has 0 saturated heterocycles. The molecule has 2 heteroatoms. The van der Waals surface area contributed by atoms with Crippen molar-refractivity contribution in [2.75, 3.05) is 0 Å². The Hall–Kier alpha value is -2.74. The van der Waals surface area contributed by atoms with Crippen LogP contribution in [0.2, 0.25) is 5.02 Å². The Morgan fingerprint density at radius 2 is 1.56 bits per heavy atom. The molecule has 0 saturated carbocycles. The zero-order valence-corrected chi connectivity index (χ0v) is 19.3. The number of allylic oxidation sites excluding steroid dienone is 8. The standard InChI is InChI=1S/C30H21ClS/c1-29-15-7-6-8-19(29)16-26-22(18-29)21-17-20(31)13-14-23(21)30(26)24-9-2-4-11-27(24)32-28-12-5-3-10-25(28)30/h2-17H,18H2,1H3. The summed E-state index contributed by atoms with van der Waals surface area (Å²) in [5.74, 6) is 0. The zero-order valence-electron chi connectivity index (χ0n) is 17.7. The number of rotatable bonds is 0. The van der Waals surface area contributed by atoms with Gasteiger partial charge in [0, 0.05) is 20.2 Å². The minimum absolute atomic E-state index is 0.0150. The molecule has 1 unspecified atom stereocenters. The normalized spacial score (nSPS) is 23.2. The first-order chi connectivity index (χ1) is 15.6. The summed E-state index contributed by atoms with van der Waals surface area (Å²) in [6.07, 6.45) is 12.5. The summed E-state index contributed by atoms with van der Waals surface area (Å²) in [5.41, 5.74) is 9.39. The largest absolute Gasteiger partial charge is 0.0894 e. The lowest BCUT2D eigenvalue weighted by Gasteiger charge is -2.42. The van der Waals surface area contributed by atoms with Gasteiger partial charge < -0.3 is 0 Å². The van der Waals surface area contributed by atoms with Gasteiger partial charge in [0.25, 0.3) is 0 Å². The van der Waals surface area contributed by atoms with Crippen LogP contribution in [0.5, 0.6) is 0 Å². The third kappa shape index (κ3) is 2.26. The molecule has 1 aliphatic heterocycles. The molecule has 0 bridgehead atoms. The first-order valence-corrected chi connectivity index (χ1v) is 12.3. The fraction of sp³-hybridized carbons (Fsp3) is 0.133. The van der Waals surface area contributed by atoms with Crippen molar-refractivity contribution in [3.63, 3.8) is 0 Å². The van der Waals surface area contributed by atoms with Crippen molar-refractivity contribution in [1.29, 1.82) is 0 Å². The van der Waals surface area contributed by atoms with Crippen molar-refractivity contribution in [3.05, 3.63) is 136 Å². The molecule has 0 radical (unpaired) electrons. The molecule has 32 heavy (non-hydrogen) atoms. The third-order valence-corrected chi connectivity index (χ3v) is 8.98. The molecule has 0 N–H and O–H groups in total. The van der Waals surface area contributed by atoms with Crippen LogP contribution in [0.1, 0.15) is 35.6 Å². The van der Waals surface area contributed by atoms with Crippen LogP contribution in [0, 0.1) is 5.41 Å². The summed E-state index contributed by atoms with van der Waals surface area (Å²) < 4.78 is 0. The first-order valence-electron chi connectivity index (χ1n) is 11.1. The Labute approximate surface area is 198 Å². The Balaban J connectivity index is 1.65. The van der Waals surface area contributed by atoms with Crippen molar-refractivity contribution >= 4 is 28.9 Å². The zero-order chi connectivity index (χ0) is 21.5. The summed E-state index contributed by atoms with van der Waals surface area (Å²) >= 11 is 8.48. The van der Waals surface area contributed by atoms with E-state index in [0.29, 0.717) is 0 Å². The highest BCUT2D eigenvalue weighted by molar-refractivity contribution is 7.99. The summed E-state index contributed by atoms with van der Waals surface area (Å²) in [4.78, 5) is 2.68. The van der Waals surface area contributed by atoms with E-state index in [0.717, 1.165) is 11.4 Å². The second-order valence-corrected chi connectivity index (χ2v) is 10.9. The number of halogens is 1. The van der Waals surface area contributed by atoms with E-state index in [1.165, 1.54) is 48.8 Å². The molecule has 0 fully saturated rings. The second kappa shape index (κ2) is 6.41. The van der Waals surface area contributed by atoms with Crippen LogP contribution in [0.3, 0.4) is 0 Å². The van der Waals surface area contributed by atoms with Crippen LogP contribution in [0.4, 0.5) is 0 Å². The van der Waals surface area contributed by atoms with Crippen LogP contribution in [-0.2, 0) is 5.41 Å².